The Morgan fingerprint density at radius 2 is 0.774 bits per heavy atom. The molecular formula is C72H94O12. The van der Waals surface area contributed by atoms with Crippen molar-refractivity contribution < 1.29 is 56.8 Å². The van der Waals surface area contributed by atoms with E-state index >= 15 is 0 Å². The molecule has 5 aromatic rings. The Bertz CT molecular complexity index is 2990. The van der Waals surface area contributed by atoms with E-state index in [1.807, 2.05) is 24.3 Å². The van der Waals surface area contributed by atoms with Gasteiger partial charge in [0.1, 0.15) is 75.9 Å². The zero-order chi connectivity index (χ0) is 59.7. The van der Waals surface area contributed by atoms with Crippen molar-refractivity contribution in [3.05, 3.63) is 172 Å². The van der Waals surface area contributed by atoms with Crippen LogP contribution in [0.2, 0.25) is 0 Å². The van der Waals surface area contributed by atoms with E-state index in [0.717, 1.165) is 63.3 Å². The maximum atomic E-state index is 6.88. The maximum absolute atomic E-state index is 6.88. The molecule has 12 heteroatoms. The average molecular weight is 1150 g/mol. The second-order valence-electron chi connectivity index (χ2n) is 25.9. The summed E-state index contributed by atoms with van der Waals surface area (Å²) in [6.45, 7) is 37.0. The summed E-state index contributed by atoms with van der Waals surface area (Å²) in [7, 11) is 0. The van der Waals surface area contributed by atoms with Gasteiger partial charge in [-0.25, -0.2) is 0 Å². The van der Waals surface area contributed by atoms with Crippen molar-refractivity contribution in [1.82, 2.24) is 0 Å². The van der Waals surface area contributed by atoms with E-state index in [4.69, 9.17) is 56.8 Å². The molecule has 1 atom stereocenters. The molecule has 10 bridgehead atoms. The number of rotatable bonds is 5. The minimum atomic E-state index is -0.375. The number of hydrogen-bond donors (Lipinski definition) is 0. The van der Waals surface area contributed by atoms with Crippen LogP contribution < -0.4 is 33.2 Å². The second kappa shape index (κ2) is 29.6. The molecule has 0 fully saturated rings. The van der Waals surface area contributed by atoms with Gasteiger partial charge in [-0.1, -0.05) is 143 Å². The van der Waals surface area contributed by atoms with E-state index in [9.17, 15) is 0 Å². The highest BCUT2D eigenvalue weighted by Gasteiger charge is 2.30. The molecule has 0 amide bonds. The monoisotopic (exact) mass is 1150 g/mol. The molecule has 5 aromatic carbocycles. The van der Waals surface area contributed by atoms with Gasteiger partial charge in [0, 0.05) is 19.3 Å². The first-order chi connectivity index (χ1) is 40.2. The van der Waals surface area contributed by atoms with Crippen LogP contribution in [0.15, 0.2) is 128 Å². The molecule has 10 rings (SSSR count). The molecule has 2 aliphatic carbocycles. The number of hydrogen-bond acceptors (Lipinski definition) is 12. The van der Waals surface area contributed by atoms with Gasteiger partial charge in [-0.05, 0) is 121 Å². The summed E-state index contributed by atoms with van der Waals surface area (Å²) in [6.07, 6.45) is 7.46. The molecule has 1 unspecified atom stereocenters. The van der Waals surface area contributed by atoms with Crippen LogP contribution in [0.1, 0.15) is 133 Å². The first-order valence-electron chi connectivity index (χ1n) is 30.2. The standard InChI is InChI=1S/C72H94O12/c1-13-60-52-20-21-53-44-55-17-15-19-57-45-56-18-14-16-54(67(56)83-40-32-75-26-34-77-61-24-22-58(71(9,10)49-69(3,4)5)47-65(61)81-38-30-73-28-36-79-63(53)46-52)42-51(2)43-64(60)80-37-29-74-31-39-82-66-48-59(72(11,12)50-70(6,7)8)23-25-62(66)78-35-27-76-33-41-84-68(55)57/h13-25,43,46-48,60H,1-2,26-42,44-45,49-50H2,3-12H3/b64-43+. The molecule has 84 heavy (non-hydrogen) atoms. The van der Waals surface area contributed by atoms with Crippen LogP contribution in [0.3, 0.4) is 0 Å². The molecule has 0 N–H and O–H groups in total. The third-order valence-electron chi connectivity index (χ3n) is 15.1. The summed E-state index contributed by atoms with van der Waals surface area (Å²) in [4.78, 5) is 0. The van der Waals surface area contributed by atoms with Gasteiger partial charge in [0.2, 0.25) is 0 Å². The third kappa shape index (κ3) is 18.5. The van der Waals surface area contributed by atoms with Gasteiger partial charge in [0.25, 0.3) is 0 Å². The number of allylic oxidation sites excluding steroid dienone is 3. The lowest BCUT2D eigenvalue weighted by molar-refractivity contribution is 0.0545. The quantitative estimate of drug-likeness (QED) is 0.123. The Balaban J connectivity index is 1.13. The normalized spacial score (nSPS) is 18.8. The fourth-order valence-electron chi connectivity index (χ4n) is 12.1. The molecular weight excluding hydrogens is 1060 g/mol. The predicted molar refractivity (Wildman–Crippen MR) is 334 cm³/mol. The van der Waals surface area contributed by atoms with Gasteiger partial charge in [0.05, 0.1) is 58.8 Å². The van der Waals surface area contributed by atoms with Crippen molar-refractivity contribution >= 4 is 0 Å². The van der Waals surface area contributed by atoms with E-state index in [1.165, 1.54) is 11.1 Å². The highest BCUT2D eigenvalue weighted by atomic mass is 16.6. The van der Waals surface area contributed by atoms with Crippen molar-refractivity contribution in [2.75, 3.05) is 106 Å². The smallest absolute Gasteiger partial charge is 0.161 e. The summed E-state index contributed by atoms with van der Waals surface area (Å²) in [6, 6.07) is 31.6. The Kier molecular flexibility index (Phi) is 22.4. The molecule has 3 heterocycles. The zero-order valence-corrected chi connectivity index (χ0v) is 52.1. The minimum absolute atomic E-state index is 0.0935. The average Bonchev–Trinajstić information content (AvgIpc) is 3.43. The highest BCUT2D eigenvalue weighted by Crippen LogP contribution is 2.43. The van der Waals surface area contributed by atoms with Gasteiger partial charge < -0.3 is 56.8 Å². The Hall–Kier alpha value is -6.44. The lowest BCUT2D eigenvalue weighted by Crippen LogP contribution is -2.25. The third-order valence-corrected chi connectivity index (χ3v) is 15.1. The number of benzene rings is 5. The summed E-state index contributed by atoms with van der Waals surface area (Å²) in [5, 5.41) is 0. The molecule has 5 aliphatic rings. The van der Waals surface area contributed by atoms with Gasteiger partial charge in [-0.2, -0.15) is 0 Å². The molecule has 0 saturated carbocycles. The van der Waals surface area contributed by atoms with Crippen LogP contribution >= 0.6 is 0 Å². The van der Waals surface area contributed by atoms with Crippen molar-refractivity contribution in [2.24, 2.45) is 10.8 Å². The molecule has 0 radical (unpaired) electrons. The predicted octanol–water partition coefficient (Wildman–Crippen LogP) is 14.7. The van der Waals surface area contributed by atoms with E-state index < -0.39 is 0 Å². The summed E-state index contributed by atoms with van der Waals surface area (Å²) < 4.78 is 77.7. The lowest BCUT2D eigenvalue weighted by Gasteiger charge is -2.33. The number of para-hydroxylation sites is 2. The fourth-order valence-corrected chi connectivity index (χ4v) is 12.1. The van der Waals surface area contributed by atoms with Crippen LogP contribution in [-0.2, 0) is 53.8 Å². The minimum Gasteiger partial charge on any atom is -0.495 e. The maximum Gasteiger partial charge on any atom is 0.161 e. The molecule has 0 aromatic heterocycles. The number of ether oxygens (including phenoxy) is 12. The topological polar surface area (TPSA) is 111 Å². The van der Waals surface area contributed by atoms with E-state index in [-0.39, 0.29) is 34.2 Å². The fraction of sp³-hybridized carbons (Fsp3) is 0.500. The van der Waals surface area contributed by atoms with Gasteiger partial charge in [-0.15, -0.1) is 6.58 Å². The van der Waals surface area contributed by atoms with Crippen LogP contribution in [0.25, 0.3) is 0 Å². The zero-order valence-electron chi connectivity index (χ0n) is 52.1. The highest BCUT2D eigenvalue weighted by molar-refractivity contribution is 5.54. The molecule has 0 spiro atoms. The Labute approximate surface area is 501 Å². The Morgan fingerprint density at radius 3 is 1.20 bits per heavy atom. The lowest BCUT2D eigenvalue weighted by atomic mass is 9.72. The molecule has 454 valence electrons. The summed E-state index contributed by atoms with van der Waals surface area (Å²) in [5.41, 5.74) is 9.18. The van der Waals surface area contributed by atoms with Gasteiger partial charge >= 0.3 is 0 Å². The molecule has 0 saturated heterocycles. The SMILES string of the molecule is C=CC1/C2=C\C(=C)Cc3cccc4c3OCCOCCOc3ccc(C(C)(C)CC(C)(C)C)cc3OCCOCCOc3cc1ccc3Cc1cccc(c1OCCOCCOc1ccc(C(C)(C)CC(C)(C)C)cc1OCCOCCO2)C4. The Morgan fingerprint density at radius 1 is 0.393 bits per heavy atom. The second-order valence-corrected chi connectivity index (χ2v) is 25.9. The van der Waals surface area contributed by atoms with E-state index in [1.54, 1.807) is 0 Å². The summed E-state index contributed by atoms with van der Waals surface area (Å²) in [5.74, 6) is 5.23. The molecule has 12 nitrogen and oxygen atoms in total. The molecule has 3 aliphatic heterocycles. The van der Waals surface area contributed by atoms with Crippen molar-refractivity contribution in [3.63, 3.8) is 0 Å². The van der Waals surface area contributed by atoms with Crippen molar-refractivity contribution in [3.8, 4) is 40.2 Å². The van der Waals surface area contributed by atoms with Crippen molar-refractivity contribution in [2.45, 2.75) is 118 Å². The van der Waals surface area contributed by atoms with E-state index in [0.29, 0.717) is 153 Å². The van der Waals surface area contributed by atoms with E-state index in [2.05, 4.69) is 161 Å². The largest absolute Gasteiger partial charge is 0.495 e. The van der Waals surface area contributed by atoms with Crippen molar-refractivity contribution in [1.29, 1.82) is 0 Å². The number of fused-ring (bicyclic) bond motifs is 15. The first-order valence-corrected chi connectivity index (χ1v) is 30.2. The summed E-state index contributed by atoms with van der Waals surface area (Å²) >= 11 is 0. The van der Waals surface area contributed by atoms with Crippen LogP contribution in [-0.4, -0.2) is 106 Å². The van der Waals surface area contributed by atoms with Gasteiger partial charge in [-0.3, -0.25) is 0 Å². The van der Waals surface area contributed by atoms with Gasteiger partial charge in [0.15, 0.2) is 23.0 Å². The van der Waals surface area contributed by atoms with Crippen LogP contribution in [0.5, 0.6) is 40.2 Å². The van der Waals surface area contributed by atoms with Crippen LogP contribution in [0.4, 0.5) is 0 Å². The van der Waals surface area contributed by atoms with Crippen LogP contribution in [0, 0.1) is 10.8 Å². The first kappa shape index (κ1) is 63.6.